The SMILES string of the molecule is CNC(=O)[C@@H]1[C@@H]2CC(C)C3(S2)C(C(=O)Nc2c(C)cccc2Cl)N([C@@H](CO)CC(C)C)C(=O)[C@H]13. The molecule has 0 aromatic heterocycles. The Bertz CT molecular complexity index is 984. The van der Waals surface area contributed by atoms with Crippen LogP contribution in [0.2, 0.25) is 5.02 Å². The van der Waals surface area contributed by atoms with Crippen LogP contribution < -0.4 is 10.6 Å². The van der Waals surface area contributed by atoms with Gasteiger partial charge in [0.2, 0.25) is 17.7 Å². The largest absolute Gasteiger partial charge is 0.394 e. The molecule has 3 aliphatic rings. The molecule has 0 saturated carbocycles. The zero-order valence-electron chi connectivity index (χ0n) is 20.3. The van der Waals surface area contributed by atoms with Gasteiger partial charge in [-0.05, 0) is 43.2 Å². The number of anilines is 1. The van der Waals surface area contributed by atoms with Gasteiger partial charge in [0, 0.05) is 12.3 Å². The van der Waals surface area contributed by atoms with Crippen molar-refractivity contribution < 1.29 is 19.5 Å². The lowest BCUT2D eigenvalue weighted by molar-refractivity contribution is -0.142. The number of carbonyl (C=O) groups is 3. The van der Waals surface area contributed by atoms with Gasteiger partial charge in [0.25, 0.3) is 0 Å². The molecule has 0 radical (unpaired) electrons. The summed E-state index contributed by atoms with van der Waals surface area (Å²) in [6, 6.07) is 4.10. The Balaban J connectivity index is 1.82. The van der Waals surface area contributed by atoms with Gasteiger partial charge in [-0.3, -0.25) is 14.4 Å². The third-order valence-corrected chi connectivity index (χ3v) is 10.2. The Morgan fingerprint density at radius 1 is 1.32 bits per heavy atom. The van der Waals surface area contributed by atoms with E-state index in [2.05, 4.69) is 17.6 Å². The van der Waals surface area contributed by atoms with Gasteiger partial charge in [-0.15, -0.1) is 11.8 Å². The summed E-state index contributed by atoms with van der Waals surface area (Å²) in [5.41, 5.74) is 1.35. The molecule has 7 nitrogen and oxygen atoms in total. The molecule has 3 saturated heterocycles. The van der Waals surface area contributed by atoms with Crippen LogP contribution >= 0.6 is 23.4 Å². The van der Waals surface area contributed by atoms with E-state index >= 15 is 0 Å². The zero-order valence-corrected chi connectivity index (χ0v) is 21.9. The number of para-hydroxylation sites is 1. The topological polar surface area (TPSA) is 98.7 Å². The number of aryl methyl sites for hydroxylation is 1. The van der Waals surface area contributed by atoms with Crippen molar-refractivity contribution in [1.29, 1.82) is 0 Å². The maximum Gasteiger partial charge on any atom is 0.248 e. The number of carbonyl (C=O) groups excluding carboxylic acids is 3. The predicted octanol–water partition coefficient (Wildman–Crippen LogP) is 3.08. The number of rotatable bonds is 7. The number of nitrogens with one attached hydrogen (secondary N) is 2. The van der Waals surface area contributed by atoms with Gasteiger partial charge in [0.05, 0.1) is 39.9 Å². The number of fused-ring (bicyclic) bond motifs is 1. The highest BCUT2D eigenvalue weighted by Gasteiger charge is 2.76. The Kier molecular flexibility index (Phi) is 6.97. The van der Waals surface area contributed by atoms with E-state index in [9.17, 15) is 19.5 Å². The van der Waals surface area contributed by atoms with Gasteiger partial charge in [-0.1, -0.05) is 44.5 Å². The van der Waals surface area contributed by atoms with Gasteiger partial charge in [0.1, 0.15) is 6.04 Å². The number of amides is 3. The average Bonchev–Trinajstić information content (AvgIpc) is 3.37. The van der Waals surface area contributed by atoms with Gasteiger partial charge >= 0.3 is 0 Å². The first-order chi connectivity index (χ1) is 16.1. The molecule has 9 heteroatoms. The van der Waals surface area contributed by atoms with Crippen LogP contribution in [0.15, 0.2) is 18.2 Å². The molecule has 4 rings (SSSR count). The van der Waals surface area contributed by atoms with E-state index in [0.29, 0.717) is 17.1 Å². The molecule has 3 unspecified atom stereocenters. The minimum Gasteiger partial charge on any atom is -0.394 e. The predicted molar refractivity (Wildman–Crippen MR) is 135 cm³/mol. The van der Waals surface area contributed by atoms with Crippen molar-refractivity contribution in [2.75, 3.05) is 19.0 Å². The lowest BCUT2D eigenvalue weighted by atomic mass is 9.66. The molecule has 186 valence electrons. The molecule has 2 bridgehead atoms. The maximum atomic E-state index is 14.0. The number of aliphatic hydroxyl groups is 1. The fraction of sp³-hybridized carbons (Fsp3) is 0.640. The molecule has 0 aliphatic carbocycles. The van der Waals surface area contributed by atoms with E-state index in [1.54, 1.807) is 29.8 Å². The molecule has 3 N–H and O–H groups in total. The summed E-state index contributed by atoms with van der Waals surface area (Å²) < 4.78 is -0.734. The van der Waals surface area contributed by atoms with E-state index in [1.165, 1.54) is 0 Å². The highest BCUT2D eigenvalue weighted by atomic mass is 35.5. The summed E-state index contributed by atoms with van der Waals surface area (Å²) in [6.45, 7) is 7.76. The Morgan fingerprint density at radius 3 is 2.62 bits per heavy atom. The van der Waals surface area contributed by atoms with Crippen LogP contribution in [0.5, 0.6) is 0 Å². The molecule has 1 aromatic rings. The van der Waals surface area contributed by atoms with Crippen molar-refractivity contribution in [3.05, 3.63) is 28.8 Å². The van der Waals surface area contributed by atoms with E-state index in [-0.39, 0.29) is 41.4 Å². The van der Waals surface area contributed by atoms with Crippen LogP contribution in [-0.4, -0.2) is 63.5 Å². The van der Waals surface area contributed by atoms with Gasteiger partial charge in [-0.2, -0.15) is 0 Å². The molecule has 3 heterocycles. The van der Waals surface area contributed by atoms with Gasteiger partial charge in [0.15, 0.2) is 0 Å². The Labute approximate surface area is 210 Å². The van der Waals surface area contributed by atoms with Crippen LogP contribution in [0.4, 0.5) is 5.69 Å². The normalized spacial score (nSPS) is 32.8. The highest BCUT2D eigenvalue weighted by molar-refractivity contribution is 8.02. The third kappa shape index (κ3) is 3.73. The summed E-state index contributed by atoms with van der Waals surface area (Å²) in [5, 5.41) is 16.5. The number of nitrogens with zero attached hydrogens (tertiary/aromatic N) is 1. The monoisotopic (exact) mass is 507 g/mol. The number of likely N-dealkylation sites (tertiary alicyclic amines) is 1. The molecule has 7 atom stereocenters. The molecule has 3 amide bonds. The summed E-state index contributed by atoms with van der Waals surface area (Å²) >= 11 is 8.03. The van der Waals surface area contributed by atoms with Crippen molar-refractivity contribution in [3.8, 4) is 0 Å². The van der Waals surface area contributed by atoms with Gasteiger partial charge in [-0.25, -0.2) is 0 Å². The highest BCUT2D eigenvalue weighted by Crippen LogP contribution is 2.68. The molecule has 1 spiro atoms. The molecule has 3 fully saturated rings. The number of aliphatic hydroxyl groups excluding tert-OH is 1. The Hall–Kier alpha value is -1.77. The quantitative estimate of drug-likeness (QED) is 0.527. The van der Waals surface area contributed by atoms with Gasteiger partial charge < -0.3 is 20.6 Å². The van der Waals surface area contributed by atoms with E-state index in [4.69, 9.17) is 11.6 Å². The molecule has 1 aromatic carbocycles. The number of hydrogen-bond acceptors (Lipinski definition) is 5. The zero-order chi connectivity index (χ0) is 24.9. The number of thioether (sulfide) groups is 1. The minimum absolute atomic E-state index is 0.0129. The van der Waals surface area contributed by atoms with Crippen molar-refractivity contribution in [2.45, 2.75) is 62.6 Å². The molecule has 34 heavy (non-hydrogen) atoms. The minimum atomic E-state index is -0.809. The second-order valence-electron chi connectivity index (χ2n) is 10.3. The first kappa shape index (κ1) is 25.3. The number of benzene rings is 1. The van der Waals surface area contributed by atoms with Crippen LogP contribution in [-0.2, 0) is 14.4 Å². The van der Waals surface area contributed by atoms with E-state index in [1.807, 2.05) is 32.9 Å². The summed E-state index contributed by atoms with van der Waals surface area (Å²) in [7, 11) is 1.59. The first-order valence-corrected chi connectivity index (χ1v) is 13.2. The molecule has 3 aliphatic heterocycles. The lowest BCUT2D eigenvalue weighted by Gasteiger charge is -2.40. The number of halogens is 1. The van der Waals surface area contributed by atoms with Crippen molar-refractivity contribution >= 4 is 46.8 Å². The van der Waals surface area contributed by atoms with Crippen molar-refractivity contribution in [2.24, 2.45) is 23.7 Å². The second kappa shape index (κ2) is 9.36. The van der Waals surface area contributed by atoms with Crippen LogP contribution in [0.3, 0.4) is 0 Å². The summed E-state index contributed by atoms with van der Waals surface area (Å²) in [6.07, 6.45) is 1.33. The molecular weight excluding hydrogens is 474 g/mol. The van der Waals surface area contributed by atoms with Crippen LogP contribution in [0.25, 0.3) is 0 Å². The van der Waals surface area contributed by atoms with E-state index in [0.717, 1.165) is 12.0 Å². The van der Waals surface area contributed by atoms with Crippen LogP contribution in [0.1, 0.15) is 39.2 Å². The van der Waals surface area contributed by atoms with Crippen molar-refractivity contribution in [1.82, 2.24) is 10.2 Å². The smallest absolute Gasteiger partial charge is 0.248 e. The average molecular weight is 508 g/mol. The van der Waals surface area contributed by atoms with Crippen LogP contribution in [0, 0.1) is 30.6 Å². The molecular formula is C25H34ClN3O4S. The van der Waals surface area contributed by atoms with E-state index < -0.39 is 28.7 Å². The summed E-state index contributed by atoms with van der Waals surface area (Å²) in [5.74, 6) is -1.48. The summed E-state index contributed by atoms with van der Waals surface area (Å²) in [4.78, 5) is 42.6. The Morgan fingerprint density at radius 2 is 2.03 bits per heavy atom. The van der Waals surface area contributed by atoms with Crippen molar-refractivity contribution in [3.63, 3.8) is 0 Å². The fourth-order valence-electron chi connectivity index (χ4n) is 6.42. The third-order valence-electron chi connectivity index (χ3n) is 7.80. The lowest BCUT2D eigenvalue weighted by Crippen LogP contribution is -2.57. The second-order valence-corrected chi connectivity index (χ2v) is 12.3. The first-order valence-electron chi connectivity index (χ1n) is 12.0. The maximum absolute atomic E-state index is 14.0. The number of hydrogen-bond donors (Lipinski definition) is 3. The standard InChI is InChI=1S/C25H34ClN3O4S/c1-12(2)9-15(11-30)29-21(23(32)28-20-13(3)7-6-8-16(20)26)25-14(4)10-17(34-25)18(22(31)27-5)19(25)24(29)33/h6-8,12,14-15,17-19,21,30H,9-11H2,1-5H3,(H,27,31)(H,28,32)/t14?,15-,17+,18-,19+,21?,25?/m1/s1. The fourth-order valence-corrected chi connectivity index (χ4v) is 9.10.